The van der Waals surface area contributed by atoms with Gasteiger partial charge in [0.05, 0.1) is 0 Å². The summed E-state index contributed by atoms with van der Waals surface area (Å²) in [5.74, 6) is 1.82. The highest BCUT2D eigenvalue weighted by Gasteiger charge is 2.29. The van der Waals surface area contributed by atoms with E-state index in [4.69, 9.17) is 0 Å². The monoisotopic (exact) mass is 279 g/mol. The zero-order valence-corrected chi connectivity index (χ0v) is 13.7. The number of thiophene rings is 1. The average Bonchev–Trinajstić information content (AvgIpc) is 2.89. The van der Waals surface area contributed by atoms with Gasteiger partial charge in [0.15, 0.2) is 0 Å². The first-order chi connectivity index (χ1) is 8.97. The largest absolute Gasteiger partial charge is 0.309 e. The maximum Gasteiger partial charge on any atom is 0.0386 e. The molecule has 1 N–H and O–H groups in total. The van der Waals surface area contributed by atoms with Gasteiger partial charge in [-0.1, -0.05) is 26.8 Å². The van der Waals surface area contributed by atoms with E-state index in [0.717, 1.165) is 11.8 Å². The van der Waals surface area contributed by atoms with Crippen molar-refractivity contribution in [3.63, 3.8) is 0 Å². The zero-order chi connectivity index (χ0) is 13.9. The van der Waals surface area contributed by atoms with Crippen LogP contribution in [0.2, 0.25) is 0 Å². The number of hydrogen-bond acceptors (Lipinski definition) is 2. The lowest BCUT2D eigenvalue weighted by Crippen LogP contribution is -2.31. The SMILES string of the molecule is CC(NCC1CCC(C(C)(C)C)CC1)c1cccs1. The molecule has 1 atom stereocenters. The molecule has 0 saturated heterocycles. The Bertz CT molecular complexity index is 355. The standard InChI is InChI=1S/C17H29NS/c1-13(16-6-5-11-19-16)18-12-14-7-9-15(10-8-14)17(2,3)4/h5-6,11,13-15,18H,7-10,12H2,1-4H3. The molecule has 2 rings (SSSR count). The van der Waals surface area contributed by atoms with E-state index in [1.807, 2.05) is 11.3 Å². The van der Waals surface area contributed by atoms with Gasteiger partial charge < -0.3 is 5.32 Å². The molecular weight excluding hydrogens is 250 g/mol. The van der Waals surface area contributed by atoms with Crippen LogP contribution in [-0.4, -0.2) is 6.54 Å². The fourth-order valence-electron chi connectivity index (χ4n) is 3.21. The van der Waals surface area contributed by atoms with Gasteiger partial charge in [-0.05, 0) is 67.8 Å². The van der Waals surface area contributed by atoms with Crippen molar-refractivity contribution in [1.29, 1.82) is 0 Å². The Morgan fingerprint density at radius 1 is 1.26 bits per heavy atom. The summed E-state index contributed by atoms with van der Waals surface area (Å²) in [6, 6.07) is 4.89. The Kier molecular flexibility index (Phi) is 5.08. The fraction of sp³-hybridized carbons (Fsp3) is 0.765. The van der Waals surface area contributed by atoms with E-state index in [1.54, 1.807) is 0 Å². The van der Waals surface area contributed by atoms with Crippen molar-refractivity contribution < 1.29 is 0 Å². The fourth-order valence-corrected chi connectivity index (χ4v) is 3.97. The van der Waals surface area contributed by atoms with Crippen molar-refractivity contribution in [1.82, 2.24) is 5.32 Å². The van der Waals surface area contributed by atoms with E-state index in [2.05, 4.69) is 50.5 Å². The zero-order valence-electron chi connectivity index (χ0n) is 12.9. The second kappa shape index (κ2) is 6.41. The highest BCUT2D eigenvalue weighted by atomic mass is 32.1. The molecule has 1 aromatic rings. The Hall–Kier alpha value is -0.340. The number of nitrogens with one attached hydrogen (secondary N) is 1. The third kappa shape index (κ3) is 4.32. The topological polar surface area (TPSA) is 12.0 Å². The lowest BCUT2D eigenvalue weighted by molar-refractivity contribution is 0.148. The molecule has 0 amide bonds. The van der Waals surface area contributed by atoms with Crippen molar-refractivity contribution in [3.05, 3.63) is 22.4 Å². The number of rotatable bonds is 4. The van der Waals surface area contributed by atoms with E-state index in [9.17, 15) is 0 Å². The van der Waals surface area contributed by atoms with Crippen LogP contribution in [0, 0.1) is 17.3 Å². The van der Waals surface area contributed by atoms with Gasteiger partial charge >= 0.3 is 0 Å². The molecule has 1 saturated carbocycles. The smallest absolute Gasteiger partial charge is 0.0386 e. The molecule has 0 aromatic carbocycles. The van der Waals surface area contributed by atoms with E-state index in [0.29, 0.717) is 11.5 Å². The summed E-state index contributed by atoms with van der Waals surface area (Å²) in [7, 11) is 0. The van der Waals surface area contributed by atoms with Crippen LogP contribution in [0.5, 0.6) is 0 Å². The molecule has 1 aromatic heterocycles. The summed E-state index contributed by atoms with van der Waals surface area (Å²) in [5, 5.41) is 5.89. The Labute approximate surface area is 122 Å². The van der Waals surface area contributed by atoms with Gasteiger partial charge in [-0.25, -0.2) is 0 Å². The second-order valence-electron chi connectivity index (χ2n) is 7.23. The predicted molar refractivity (Wildman–Crippen MR) is 85.6 cm³/mol. The van der Waals surface area contributed by atoms with Gasteiger partial charge in [0.25, 0.3) is 0 Å². The molecule has 19 heavy (non-hydrogen) atoms. The van der Waals surface area contributed by atoms with Gasteiger partial charge in [0.1, 0.15) is 0 Å². The first-order valence-corrected chi connectivity index (χ1v) is 8.61. The molecule has 1 aliphatic carbocycles. The first kappa shape index (κ1) is 15.1. The molecular formula is C17H29NS. The van der Waals surface area contributed by atoms with Crippen molar-refractivity contribution in [3.8, 4) is 0 Å². The first-order valence-electron chi connectivity index (χ1n) is 7.73. The molecule has 1 heterocycles. The van der Waals surface area contributed by atoms with Crippen molar-refractivity contribution in [2.24, 2.45) is 17.3 Å². The van der Waals surface area contributed by atoms with Crippen LogP contribution in [0.15, 0.2) is 17.5 Å². The maximum atomic E-state index is 3.72. The molecule has 1 nitrogen and oxygen atoms in total. The van der Waals surface area contributed by atoms with Gasteiger partial charge in [-0.3, -0.25) is 0 Å². The van der Waals surface area contributed by atoms with Crippen LogP contribution < -0.4 is 5.32 Å². The third-order valence-corrected chi connectivity index (χ3v) is 5.81. The Balaban J connectivity index is 1.71. The summed E-state index contributed by atoms with van der Waals surface area (Å²) in [5.41, 5.74) is 0.503. The molecule has 0 aliphatic heterocycles. The Morgan fingerprint density at radius 3 is 2.47 bits per heavy atom. The van der Waals surface area contributed by atoms with Gasteiger partial charge in [-0.2, -0.15) is 0 Å². The molecule has 108 valence electrons. The van der Waals surface area contributed by atoms with Crippen LogP contribution in [0.1, 0.15) is 64.3 Å². The molecule has 1 aliphatic rings. The predicted octanol–water partition coefficient (Wildman–Crippen LogP) is 5.25. The van der Waals surface area contributed by atoms with Crippen molar-refractivity contribution in [2.45, 2.75) is 59.4 Å². The molecule has 0 bridgehead atoms. The van der Waals surface area contributed by atoms with Crippen LogP contribution in [-0.2, 0) is 0 Å². The third-order valence-electron chi connectivity index (χ3n) is 4.75. The Morgan fingerprint density at radius 2 is 1.95 bits per heavy atom. The molecule has 0 spiro atoms. The number of hydrogen-bond donors (Lipinski definition) is 1. The minimum Gasteiger partial charge on any atom is -0.309 e. The summed E-state index contributed by atoms with van der Waals surface area (Å²) < 4.78 is 0. The molecule has 1 unspecified atom stereocenters. The summed E-state index contributed by atoms with van der Waals surface area (Å²) in [6.07, 6.45) is 5.66. The highest BCUT2D eigenvalue weighted by molar-refractivity contribution is 7.10. The van der Waals surface area contributed by atoms with E-state index < -0.39 is 0 Å². The minimum atomic E-state index is 0.503. The van der Waals surface area contributed by atoms with Crippen molar-refractivity contribution in [2.75, 3.05) is 6.54 Å². The summed E-state index contributed by atoms with van der Waals surface area (Å²) in [6.45, 7) is 10.7. The van der Waals surface area contributed by atoms with Crippen molar-refractivity contribution >= 4 is 11.3 Å². The van der Waals surface area contributed by atoms with Crippen LogP contribution in [0.3, 0.4) is 0 Å². The summed E-state index contributed by atoms with van der Waals surface area (Å²) >= 11 is 1.86. The van der Waals surface area contributed by atoms with Gasteiger partial charge in [-0.15, -0.1) is 11.3 Å². The summed E-state index contributed by atoms with van der Waals surface area (Å²) in [4.78, 5) is 1.46. The minimum absolute atomic E-state index is 0.503. The average molecular weight is 279 g/mol. The van der Waals surface area contributed by atoms with Crippen LogP contribution in [0.4, 0.5) is 0 Å². The molecule has 0 radical (unpaired) electrons. The van der Waals surface area contributed by atoms with E-state index >= 15 is 0 Å². The highest BCUT2D eigenvalue weighted by Crippen LogP contribution is 2.39. The van der Waals surface area contributed by atoms with Gasteiger partial charge in [0.2, 0.25) is 0 Å². The lowest BCUT2D eigenvalue weighted by atomic mass is 9.70. The van der Waals surface area contributed by atoms with Gasteiger partial charge in [0, 0.05) is 10.9 Å². The normalized spacial score (nSPS) is 26.3. The molecule has 2 heteroatoms. The van der Waals surface area contributed by atoms with Crippen LogP contribution >= 0.6 is 11.3 Å². The lowest BCUT2D eigenvalue weighted by Gasteiger charge is -2.37. The maximum absolute atomic E-state index is 3.72. The second-order valence-corrected chi connectivity index (χ2v) is 8.21. The van der Waals surface area contributed by atoms with Crippen LogP contribution in [0.25, 0.3) is 0 Å². The van der Waals surface area contributed by atoms with E-state index in [-0.39, 0.29) is 0 Å². The van der Waals surface area contributed by atoms with E-state index in [1.165, 1.54) is 37.1 Å². The quantitative estimate of drug-likeness (QED) is 0.793. The molecule has 1 fully saturated rings.